The lowest BCUT2D eigenvalue weighted by molar-refractivity contribution is -0.172. The van der Waals surface area contributed by atoms with Crippen LogP contribution in [0.4, 0.5) is 0 Å². The van der Waals surface area contributed by atoms with E-state index in [9.17, 15) is 9.59 Å². The molecule has 2 amide bonds. The van der Waals surface area contributed by atoms with E-state index in [1.54, 1.807) is 0 Å². The molecule has 4 rings (SSSR count). The third-order valence-electron chi connectivity index (χ3n) is 6.65. The maximum atomic E-state index is 12.9. The van der Waals surface area contributed by atoms with Crippen molar-refractivity contribution in [1.82, 2.24) is 10.4 Å². The zero-order chi connectivity index (χ0) is 15.1. The number of nitrogens with zero attached hydrogens (tertiary/aromatic N) is 1. The Morgan fingerprint density at radius 1 is 0.727 bits per heavy atom. The zero-order valence-corrected chi connectivity index (χ0v) is 13.4. The van der Waals surface area contributed by atoms with Crippen LogP contribution in [0.1, 0.15) is 70.6 Å². The standard InChI is InChI=1S/C18H28N2O2/c21-17-14-10-4-6-12-7-5-11-15(16(12)14)18(22)20(17)19-13-8-2-1-3-9-13/h12-16,19H,1-11H2/t12?,14-,15-,16?/m0/s1. The first kappa shape index (κ1) is 14.7. The Morgan fingerprint density at radius 2 is 1.32 bits per heavy atom. The number of imide groups is 1. The van der Waals surface area contributed by atoms with E-state index < -0.39 is 0 Å². The second kappa shape index (κ2) is 5.95. The van der Waals surface area contributed by atoms with Crippen molar-refractivity contribution in [2.75, 3.05) is 0 Å². The highest BCUT2D eigenvalue weighted by Crippen LogP contribution is 2.50. The third-order valence-corrected chi connectivity index (χ3v) is 6.65. The van der Waals surface area contributed by atoms with Gasteiger partial charge in [-0.15, -0.1) is 0 Å². The Morgan fingerprint density at radius 3 is 1.91 bits per heavy atom. The molecule has 3 aliphatic carbocycles. The Bertz CT molecular complexity index is 428. The SMILES string of the molecule is O=C1[C@H]2CCCC3CCC[C@H](C(=O)N1NC1CCCCC1)C32. The number of hydrazine groups is 1. The first-order valence-corrected chi connectivity index (χ1v) is 9.39. The van der Waals surface area contributed by atoms with E-state index in [0.29, 0.717) is 17.9 Å². The molecule has 4 fully saturated rings. The van der Waals surface area contributed by atoms with Crippen LogP contribution >= 0.6 is 0 Å². The Balaban J connectivity index is 1.55. The van der Waals surface area contributed by atoms with Crippen molar-refractivity contribution in [2.24, 2.45) is 23.7 Å². The summed E-state index contributed by atoms with van der Waals surface area (Å²) in [4.78, 5) is 25.8. The average Bonchev–Trinajstić information content (AvgIpc) is 2.57. The van der Waals surface area contributed by atoms with Gasteiger partial charge in [-0.2, -0.15) is 0 Å². The van der Waals surface area contributed by atoms with Crippen LogP contribution in [0.15, 0.2) is 0 Å². The molecular formula is C18H28N2O2. The molecule has 0 unspecified atom stereocenters. The van der Waals surface area contributed by atoms with Crippen LogP contribution in [-0.2, 0) is 9.59 Å². The van der Waals surface area contributed by atoms with Crippen molar-refractivity contribution >= 4 is 11.8 Å². The van der Waals surface area contributed by atoms with E-state index in [4.69, 9.17) is 0 Å². The first-order valence-electron chi connectivity index (χ1n) is 9.39. The minimum atomic E-state index is 0.0865. The van der Waals surface area contributed by atoms with Gasteiger partial charge in [0.1, 0.15) is 0 Å². The fourth-order valence-corrected chi connectivity index (χ4v) is 5.61. The summed E-state index contributed by atoms with van der Waals surface area (Å²) in [5, 5.41) is 1.47. The molecule has 0 spiro atoms. The van der Waals surface area contributed by atoms with E-state index in [0.717, 1.165) is 38.5 Å². The lowest BCUT2D eigenvalue weighted by atomic mass is 9.59. The predicted octanol–water partition coefficient (Wildman–Crippen LogP) is 3.03. The quantitative estimate of drug-likeness (QED) is 0.798. The van der Waals surface area contributed by atoms with Gasteiger partial charge in [-0.25, -0.2) is 10.4 Å². The predicted molar refractivity (Wildman–Crippen MR) is 83.5 cm³/mol. The molecule has 0 bridgehead atoms. The van der Waals surface area contributed by atoms with Gasteiger partial charge in [0.05, 0.1) is 0 Å². The van der Waals surface area contributed by atoms with Crippen molar-refractivity contribution in [2.45, 2.75) is 76.7 Å². The number of piperidine rings is 1. The molecule has 4 nitrogen and oxygen atoms in total. The molecule has 0 aromatic heterocycles. The van der Waals surface area contributed by atoms with Gasteiger partial charge in [-0.05, 0) is 37.5 Å². The maximum Gasteiger partial charge on any atom is 0.247 e. The van der Waals surface area contributed by atoms with Crippen LogP contribution in [0.2, 0.25) is 0 Å². The summed E-state index contributed by atoms with van der Waals surface area (Å²) in [6, 6.07) is 0.321. The van der Waals surface area contributed by atoms with Crippen molar-refractivity contribution in [3.8, 4) is 0 Å². The second-order valence-electron chi connectivity index (χ2n) is 7.89. The van der Waals surface area contributed by atoms with Gasteiger partial charge in [0.25, 0.3) is 0 Å². The molecule has 1 heterocycles. The lowest BCUT2D eigenvalue weighted by Crippen LogP contribution is -2.63. The smallest absolute Gasteiger partial charge is 0.247 e. The summed E-state index contributed by atoms with van der Waals surface area (Å²) >= 11 is 0. The zero-order valence-electron chi connectivity index (χ0n) is 13.4. The molecule has 122 valence electrons. The maximum absolute atomic E-state index is 12.9. The van der Waals surface area contributed by atoms with Crippen LogP contribution in [-0.4, -0.2) is 22.9 Å². The van der Waals surface area contributed by atoms with E-state index in [1.165, 1.54) is 37.1 Å². The molecule has 3 saturated carbocycles. The molecule has 0 radical (unpaired) electrons. The lowest BCUT2D eigenvalue weighted by Gasteiger charge is -2.50. The monoisotopic (exact) mass is 304 g/mol. The van der Waals surface area contributed by atoms with Crippen molar-refractivity contribution in [3.63, 3.8) is 0 Å². The van der Waals surface area contributed by atoms with Crippen molar-refractivity contribution < 1.29 is 9.59 Å². The number of hydrogen-bond donors (Lipinski definition) is 1. The number of rotatable bonds is 2. The van der Waals surface area contributed by atoms with Gasteiger partial charge in [0, 0.05) is 17.9 Å². The summed E-state index contributed by atoms with van der Waals surface area (Å²) in [7, 11) is 0. The molecule has 1 saturated heterocycles. The molecule has 1 N–H and O–H groups in total. The number of amides is 2. The van der Waals surface area contributed by atoms with E-state index in [-0.39, 0.29) is 23.7 Å². The van der Waals surface area contributed by atoms with Crippen LogP contribution in [0, 0.1) is 23.7 Å². The van der Waals surface area contributed by atoms with Crippen molar-refractivity contribution in [1.29, 1.82) is 0 Å². The van der Waals surface area contributed by atoms with Crippen LogP contribution in [0.25, 0.3) is 0 Å². The molecular weight excluding hydrogens is 276 g/mol. The second-order valence-corrected chi connectivity index (χ2v) is 7.89. The fraction of sp³-hybridized carbons (Fsp3) is 0.889. The van der Waals surface area contributed by atoms with Crippen LogP contribution in [0.3, 0.4) is 0 Å². The fourth-order valence-electron chi connectivity index (χ4n) is 5.61. The summed E-state index contributed by atoms with van der Waals surface area (Å²) in [5.74, 6) is 1.37. The van der Waals surface area contributed by atoms with Gasteiger partial charge in [-0.1, -0.05) is 44.9 Å². The van der Waals surface area contributed by atoms with Gasteiger partial charge >= 0.3 is 0 Å². The summed E-state index contributed by atoms with van der Waals surface area (Å²) in [5.41, 5.74) is 3.33. The summed E-state index contributed by atoms with van der Waals surface area (Å²) in [6.07, 6.45) is 12.7. The highest BCUT2D eigenvalue weighted by Gasteiger charge is 2.53. The van der Waals surface area contributed by atoms with E-state index in [1.807, 2.05) is 0 Å². The molecule has 2 atom stereocenters. The van der Waals surface area contributed by atoms with Gasteiger partial charge in [0.15, 0.2) is 0 Å². The Labute approximate surface area is 133 Å². The number of carbonyl (C=O) groups is 2. The molecule has 0 aromatic carbocycles. The van der Waals surface area contributed by atoms with E-state index >= 15 is 0 Å². The van der Waals surface area contributed by atoms with Gasteiger partial charge in [0.2, 0.25) is 11.8 Å². The minimum Gasteiger partial charge on any atom is -0.273 e. The highest BCUT2D eigenvalue weighted by molar-refractivity contribution is 6.00. The third kappa shape index (κ3) is 2.40. The minimum absolute atomic E-state index is 0.0865. The normalized spacial score (nSPS) is 39.7. The van der Waals surface area contributed by atoms with Gasteiger partial charge in [-0.3, -0.25) is 9.59 Å². The largest absolute Gasteiger partial charge is 0.273 e. The van der Waals surface area contributed by atoms with Gasteiger partial charge < -0.3 is 0 Å². The molecule has 22 heavy (non-hydrogen) atoms. The molecule has 4 aliphatic rings. The highest BCUT2D eigenvalue weighted by atomic mass is 16.2. The number of nitrogens with one attached hydrogen (secondary N) is 1. The number of carbonyl (C=O) groups excluding carboxylic acids is 2. The van der Waals surface area contributed by atoms with E-state index in [2.05, 4.69) is 5.43 Å². The molecule has 1 aliphatic heterocycles. The van der Waals surface area contributed by atoms with Crippen LogP contribution in [0.5, 0.6) is 0 Å². The summed E-state index contributed by atoms with van der Waals surface area (Å²) in [6.45, 7) is 0. The topological polar surface area (TPSA) is 49.4 Å². The Hall–Kier alpha value is -0.900. The average molecular weight is 304 g/mol. The summed E-state index contributed by atoms with van der Waals surface area (Å²) < 4.78 is 0. The number of hydrogen-bond acceptors (Lipinski definition) is 3. The van der Waals surface area contributed by atoms with Crippen molar-refractivity contribution in [3.05, 3.63) is 0 Å². The Kier molecular flexibility index (Phi) is 3.97. The van der Waals surface area contributed by atoms with Crippen LogP contribution < -0.4 is 5.43 Å². The first-order chi connectivity index (χ1) is 10.8. The molecule has 0 aromatic rings. The molecule has 4 heteroatoms.